The van der Waals surface area contributed by atoms with Gasteiger partial charge in [-0.1, -0.05) is 13.3 Å². The molecule has 2 nitrogen and oxygen atoms in total. The highest BCUT2D eigenvalue weighted by atomic mass is 19.4. The third-order valence-electron chi connectivity index (χ3n) is 3.19. The van der Waals surface area contributed by atoms with Crippen LogP contribution in [0.4, 0.5) is 13.2 Å². The molecule has 0 spiro atoms. The van der Waals surface area contributed by atoms with Crippen LogP contribution in [0, 0.1) is 0 Å². The zero-order chi connectivity index (χ0) is 12.2. The first-order valence-corrected chi connectivity index (χ1v) is 5.92. The van der Waals surface area contributed by atoms with E-state index in [1.807, 2.05) is 6.92 Å². The molecule has 2 unspecified atom stereocenters. The summed E-state index contributed by atoms with van der Waals surface area (Å²) < 4.78 is 36.7. The minimum atomic E-state index is -4.08. The maximum absolute atomic E-state index is 12.2. The van der Waals surface area contributed by atoms with Crippen LogP contribution in [0.2, 0.25) is 0 Å². The number of halogens is 3. The van der Waals surface area contributed by atoms with Crippen molar-refractivity contribution >= 4 is 0 Å². The second-order valence-corrected chi connectivity index (χ2v) is 4.61. The van der Waals surface area contributed by atoms with Gasteiger partial charge in [0.2, 0.25) is 0 Å². The van der Waals surface area contributed by atoms with Crippen LogP contribution in [-0.2, 0) is 0 Å². The molecule has 1 aliphatic carbocycles. The molecule has 1 aliphatic rings. The monoisotopic (exact) mass is 238 g/mol. The summed E-state index contributed by atoms with van der Waals surface area (Å²) in [7, 11) is 1.58. The van der Waals surface area contributed by atoms with E-state index in [1.165, 1.54) is 4.90 Å². The second-order valence-electron chi connectivity index (χ2n) is 4.61. The van der Waals surface area contributed by atoms with Crippen molar-refractivity contribution in [3.05, 3.63) is 0 Å². The Morgan fingerprint density at radius 2 is 2.00 bits per heavy atom. The Balaban J connectivity index is 2.40. The van der Waals surface area contributed by atoms with E-state index < -0.39 is 12.7 Å². The first kappa shape index (κ1) is 13.8. The summed E-state index contributed by atoms with van der Waals surface area (Å²) in [5.41, 5.74) is 0. The Labute approximate surface area is 95.2 Å². The van der Waals surface area contributed by atoms with Crippen LogP contribution in [0.15, 0.2) is 0 Å². The van der Waals surface area contributed by atoms with Crippen molar-refractivity contribution < 1.29 is 13.2 Å². The van der Waals surface area contributed by atoms with Crippen molar-refractivity contribution in [2.24, 2.45) is 0 Å². The van der Waals surface area contributed by atoms with Crippen LogP contribution in [0.3, 0.4) is 0 Å². The molecular weight excluding hydrogens is 217 g/mol. The van der Waals surface area contributed by atoms with Crippen LogP contribution < -0.4 is 5.32 Å². The highest BCUT2D eigenvalue weighted by Crippen LogP contribution is 2.25. The van der Waals surface area contributed by atoms with Crippen LogP contribution in [0.1, 0.15) is 32.6 Å². The van der Waals surface area contributed by atoms with Gasteiger partial charge in [0.1, 0.15) is 0 Å². The molecule has 0 heterocycles. The number of hydrogen-bond donors (Lipinski definition) is 1. The van der Waals surface area contributed by atoms with Crippen LogP contribution in [0.5, 0.6) is 0 Å². The molecule has 5 heteroatoms. The first-order valence-electron chi connectivity index (χ1n) is 5.92. The van der Waals surface area contributed by atoms with Gasteiger partial charge in [0.05, 0.1) is 6.54 Å². The summed E-state index contributed by atoms with van der Waals surface area (Å²) in [6.07, 6.45) is -0.260. The van der Waals surface area contributed by atoms with Crippen molar-refractivity contribution in [3.63, 3.8) is 0 Å². The Hall–Kier alpha value is -0.290. The standard InChI is InChI=1S/C11H21F3N2/c1-3-15-9-5-4-6-10(7-9)16(2)8-11(12,13)14/h9-10,15H,3-8H2,1-2H3. The molecule has 0 amide bonds. The van der Waals surface area contributed by atoms with E-state index in [-0.39, 0.29) is 6.04 Å². The lowest BCUT2D eigenvalue weighted by Gasteiger charge is -2.36. The SMILES string of the molecule is CCNC1CCCC(N(C)CC(F)(F)F)C1. The predicted molar refractivity (Wildman–Crippen MR) is 58.4 cm³/mol. The summed E-state index contributed by atoms with van der Waals surface area (Å²) in [5, 5.41) is 3.32. The molecule has 1 fully saturated rings. The van der Waals surface area contributed by atoms with Crippen LogP contribution >= 0.6 is 0 Å². The Morgan fingerprint density at radius 3 is 2.56 bits per heavy atom. The van der Waals surface area contributed by atoms with Gasteiger partial charge in [0.15, 0.2) is 0 Å². The number of hydrogen-bond acceptors (Lipinski definition) is 2. The van der Waals surface area contributed by atoms with Crippen molar-refractivity contribution in [2.45, 2.75) is 50.9 Å². The van der Waals surface area contributed by atoms with Gasteiger partial charge >= 0.3 is 6.18 Å². The molecule has 0 bridgehead atoms. The minimum absolute atomic E-state index is 0.0689. The number of nitrogens with one attached hydrogen (secondary N) is 1. The van der Waals surface area contributed by atoms with E-state index in [2.05, 4.69) is 5.32 Å². The quantitative estimate of drug-likeness (QED) is 0.809. The van der Waals surface area contributed by atoms with E-state index in [0.29, 0.717) is 6.04 Å². The molecule has 16 heavy (non-hydrogen) atoms. The number of rotatable bonds is 4. The van der Waals surface area contributed by atoms with E-state index in [9.17, 15) is 13.2 Å². The summed E-state index contributed by atoms with van der Waals surface area (Å²) in [6, 6.07) is 0.457. The smallest absolute Gasteiger partial charge is 0.314 e. The molecular formula is C11H21F3N2. The largest absolute Gasteiger partial charge is 0.401 e. The van der Waals surface area contributed by atoms with Crippen LogP contribution in [-0.4, -0.2) is 43.3 Å². The topological polar surface area (TPSA) is 15.3 Å². The van der Waals surface area contributed by atoms with Crippen molar-refractivity contribution in [1.29, 1.82) is 0 Å². The Bertz CT molecular complexity index is 204. The van der Waals surface area contributed by atoms with Gasteiger partial charge in [-0.05, 0) is 32.9 Å². The third kappa shape index (κ3) is 4.70. The predicted octanol–water partition coefficient (Wildman–Crippen LogP) is 2.40. The maximum atomic E-state index is 12.2. The molecule has 0 aliphatic heterocycles. The number of alkyl halides is 3. The second kappa shape index (κ2) is 5.87. The van der Waals surface area contributed by atoms with E-state index in [0.717, 1.165) is 32.2 Å². The lowest BCUT2D eigenvalue weighted by molar-refractivity contribution is -0.148. The van der Waals surface area contributed by atoms with Gasteiger partial charge in [-0.2, -0.15) is 13.2 Å². The average Bonchev–Trinajstić information content (AvgIpc) is 2.16. The van der Waals surface area contributed by atoms with E-state index in [1.54, 1.807) is 7.05 Å². The first-order chi connectivity index (χ1) is 7.42. The fraction of sp³-hybridized carbons (Fsp3) is 1.00. The zero-order valence-corrected chi connectivity index (χ0v) is 9.98. The fourth-order valence-electron chi connectivity index (χ4n) is 2.45. The van der Waals surface area contributed by atoms with E-state index >= 15 is 0 Å². The van der Waals surface area contributed by atoms with Gasteiger partial charge in [0.25, 0.3) is 0 Å². The molecule has 2 atom stereocenters. The zero-order valence-electron chi connectivity index (χ0n) is 9.98. The summed E-state index contributed by atoms with van der Waals surface area (Å²) >= 11 is 0. The molecule has 1 N–H and O–H groups in total. The lowest BCUT2D eigenvalue weighted by Crippen LogP contribution is -2.45. The van der Waals surface area contributed by atoms with Gasteiger partial charge in [0, 0.05) is 12.1 Å². The van der Waals surface area contributed by atoms with Crippen LogP contribution in [0.25, 0.3) is 0 Å². The summed E-state index contributed by atoms with van der Waals surface area (Å²) in [5.74, 6) is 0. The Morgan fingerprint density at radius 1 is 1.31 bits per heavy atom. The molecule has 0 radical (unpaired) electrons. The normalized spacial score (nSPS) is 27.4. The van der Waals surface area contributed by atoms with Crippen molar-refractivity contribution in [3.8, 4) is 0 Å². The third-order valence-corrected chi connectivity index (χ3v) is 3.19. The summed E-state index contributed by atoms with van der Waals surface area (Å²) in [6.45, 7) is 2.12. The van der Waals surface area contributed by atoms with Gasteiger partial charge in [-0.3, -0.25) is 4.90 Å². The molecule has 1 rings (SSSR count). The lowest BCUT2D eigenvalue weighted by atomic mass is 9.90. The van der Waals surface area contributed by atoms with Gasteiger partial charge in [-0.15, -0.1) is 0 Å². The highest BCUT2D eigenvalue weighted by Gasteiger charge is 2.33. The maximum Gasteiger partial charge on any atom is 0.401 e. The molecule has 0 aromatic rings. The molecule has 96 valence electrons. The van der Waals surface area contributed by atoms with Crippen molar-refractivity contribution in [2.75, 3.05) is 20.1 Å². The highest BCUT2D eigenvalue weighted by molar-refractivity contribution is 4.83. The molecule has 0 aromatic heterocycles. The fourth-order valence-corrected chi connectivity index (χ4v) is 2.45. The molecule has 0 aromatic carbocycles. The van der Waals surface area contributed by atoms with Gasteiger partial charge < -0.3 is 5.32 Å². The number of nitrogens with zero attached hydrogens (tertiary/aromatic N) is 1. The van der Waals surface area contributed by atoms with E-state index in [4.69, 9.17) is 0 Å². The molecule has 0 saturated heterocycles. The average molecular weight is 238 g/mol. The molecule has 1 saturated carbocycles. The van der Waals surface area contributed by atoms with Crippen molar-refractivity contribution in [1.82, 2.24) is 10.2 Å². The van der Waals surface area contributed by atoms with Gasteiger partial charge in [-0.25, -0.2) is 0 Å². The Kier molecular flexibility index (Phi) is 5.05. The minimum Gasteiger partial charge on any atom is -0.314 e. The summed E-state index contributed by atoms with van der Waals surface area (Å²) in [4.78, 5) is 1.45.